The number of halogens is 3. The molecule has 0 atom stereocenters. The second-order valence-corrected chi connectivity index (χ2v) is 5.38. The fourth-order valence-electron chi connectivity index (χ4n) is 1.64. The third-order valence-electron chi connectivity index (χ3n) is 2.36. The van der Waals surface area contributed by atoms with Crippen LogP contribution in [0.1, 0.15) is 26.3 Å². The van der Waals surface area contributed by atoms with Crippen molar-refractivity contribution in [1.82, 2.24) is 5.32 Å². The number of rotatable bonds is 5. The van der Waals surface area contributed by atoms with E-state index in [0.717, 1.165) is 0 Å². The van der Waals surface area contributed by atoms with Gasteiger partial charge in [-0.2, -0.15) is 8.78 Å². The molecule has 1 rings (SSSR count). The maximum Gasteiger partial charge on any atom is 0.387 e. The number of ether oxygens (including phenoxy) is 1. The molecule has 0 unspecified atom stereocenters. The van der Waals surface area contributed by atoms with Crippen molar-refractivity contribution in [2.45, 2.75) is 39.3 Å². The topological polar surface area (TPSA) is 59.6 Å². The number of nitrogens with zero attached hydrogens (tertiary/aromatic N) is 1. The molecule has 0 heterocycles. The highest BCUT2D eigenvalue weighted by molar-refractivity contribution is 14.0. The molecule has 0 saturated heterocycles. The number of para-hydroxylation sites is 1. The molecule has 3 N–H and O–H groups in total. The van der Waals surface area contributed by atoms with Crippen LogP contribution in [-0.4, -0.2) is 24.7 Å². The fraction of sp³-hybridized carbons (Fsp3) is 0.500. The molecule has 4 nitrogen and oxygen atoms in total. The van der Waals surface area contributed by atoms with Gasteiger partial charge in [-0.3, -0.25) is 4.99 Å². The van der Waals surface area contributed by atoms with Gasteiger partial charge in [0, 0.05) is 12.1 Å². The number of hydrogen-bond acceptors (Lipinski definition) is 2. The van der Waals surface area contributed by atoms with E-state index in [0.29, 0.717) is 24.5 Å². The minimum atomic E-state index is -2.83. The first kappa shape index (κ1) is 19.9. The number of nitrogens with two attached hydrogens (primary N) is 1. The highest BCUT2D eigenvalue weighted by Crippen LogP contribution is 2.20. The Morgan fingerprint density at radius 3 is 2.52 bits per heavy atom. The summed E-state index contributed by atoms with van der Waals surface area (Å²) in [7, 11) is 0. The molecule has 120 valence electrons. The second kappa shape index (κ2) is 9.01. The molecule has 0 aromatic heterocycles. The fourth-order valence-corrected chi connectivity index (χ4v) is 1.64. The van der Waals surface area contributed by atoms with Gasteiger partial charge in [-0.05, 0) is 38.8 Å². The summed E-state index contributed by atoms with van der Waals surface area (Å²) in [6, 6.07) is 6.68. The second-order valence-electron chi connectivity index (χ2n) is 5.38. The van der Waals surface area contributed by atoms with Crippen molar-refractivity contribution in [2.75, 3.05) is 6.54 Å². The van der Waals surface area contributed by atoms with Crippen LogP contribution in [-0.2, 0) is 6.42 Å². The van der Waals surface area contributed by atoms with Gasteiger partial charge in [0.1, 0.15) is 5.75 Å². The molecule has 0 bridgehead atoms. The van der Waals surface area contributed by atoms with Crippen LogP contribution >= 0.6 is 24.0 Å². The van der Waals surface area contributed by atoms with Crippen LogP contribution in [0.3, 0.4) is 0 Å². The van der Waals surface area contributed by atoms with Crippen LogP contribution in [0.5, 0.6) is 5.75 Å². The van der Waals surface area contributed by atoms with Crippen LogP contribution in [0.15, 0.2) is 29.3 Å². The molecule has 21 heavy (non-hydrogen) atoms. The number of guanidine groups is 1. The maximum absolute atomic E-state index is 12.3. The number of nitrogens with one attached hydrogen (secondary N) is 1. The molecule has 0 amide bonds. The zero-order valence-corrected chi connectivity index (χ0v) is 14.7. The minimum Gasteiger partial charge on any atom is -0.435 e. The standard InChI is InChI=1S/C14H21F2N3O.HI/c1-14(2,3)19-13(17)18-9-8-10-6-4-5-7-11(10)20-12(15)16;/h4-7,12H,8-9H2,1-3H3,(H3,17,18,19);1H. The summed E-state index contributed by atoms with van der Waals surface area (Å²) in [5, 5.41) is 3.03. The van der Waals surface area contributed by atoms with Crippen molar-refractivity contribution in [1.29, 1.82) is 0 Å². The predicted octanol–water partition coefficient (Wildman–Crippen LogP) is 3.15. The van der Waals surface area contributed by atoms with Crippen molar-refractivity contribution < 1.29 is 13.5 Å². The van der Waals surface area contributed by atoms with Crippen molar-refractivity contribution in [3.63, 3.8) is 0 Å². The lowest BCUT2D eigenvalue weighted by Crippen LogP contribution is -2.45. The van der Waals surface area contributed by atoms with Crippen molar-refractivity contribution in [3.05, 3.63) is 29.8 Å². The van der Waals surface area contributed by atoms with E-state index >= 15 is 0 Å². The normalized spacial score (nSPS) is 12.0. The molecular formula is C14H22F2IN3O. The van der Waals surface area contributed by atoms with Gasteiger partial charge in [-0.15, -0.1) is 24.0 Å². The highest BCUT2D eigenvalue weighted by Gasteiger charge is 2.10. The first-order chi connectivity index (χ1) is 9.28. The van der Waals surface area contributed by atoms with Crippen LogP contribution in [0.25, 0.3) is 0 Å². The summed E-state index contributed by atoms with van der Waals surface area (Å²) in [5.41, 5.74) is 6.25. The lowest BCUT2D eigenvalue weighted by molar-refractivity contribution is -0.0504. The van der Waals surface area contributed by atoms with E-state index < -0.39 is 6.61 Å². The Hall–Kier alpha value is -1.12. The molecule has 0 aliphatic rings. The summed E-state index contributed by atoms with van der Waals surface area (Å²) in [5.74, 6) is 0.518. The quantitative estimate of drug-likeness (QED) is 0.443. The van der Waals surface area contributed by atoms with Crippen molar-refractivity contribution in [2.24, 2.45) is 10.7 Å². The van der Waals surface area contributed by atoms with E-state index in [1.54, 1.807) is 18.2 Å². The van der Waals surface area contributed by atoms with Crippen molar-refractivity contribution in [3.8, 4) is 5.75 Å². The Bertz CT molecular complexity index is 462. The monoisotopic (exact) mass is 413 g/mol. The van der Waals surface area contributed by atoms with E-state index in [1.165, 1.54) is 6.07 Å². The largest absolute Gasteiger partial charge is 0.435 e. The van der Waals surface area contributed by atoms with Gasteiger partial charge >= 0.3 is 6.61 Å². The van der Waals surface area contributed by atoms with Gasteiger partial charge < -0.3 is 15.8 Å². The Kier molecular flexibility index (Phi) is 8.53. The van der Waals surface area contributed by atoms with Crippen LogP contribution in [0, 0.1) is 0 Å². The van der Waals surface area contributed by atoms with E-state index in [-0.39, 0.29) is 35.3 Å². The highest BCUT2D eigenvalue weighted by atomic mass is 127. The number of hydrogen-bond donors (Lipinski definition) is 2. The molecule has 7 heteroatoms. The van der Waals surface area contributed by atoms with Crippen molar-refractivity contribution >= 4 is 29.9 Å². The number of alkyl halides is 2. The molecular weight excluding hydrogens is 391 g/mol. The van der Waals surface area contributed by atoms with Gasteiger partial charge in [0.05, 0.1) is 0 Å². The Morgan fingerprint density at radius 2 is 1.95 bits per heavy atom. The predicted molar refractivity (Wildman–Crippen MR) is 91.6 cm³/mol. The molecule has 0 saturated carbocycles. The SMILES string of the molecule is CC(C)(C)NC(N)=NCCc1ccccc1OC(F)F.I. The third kappa shape index (κ3) is 8.69. The van der Waals surface area contributed by atoms with Crippen LogP contribution in [0.2, 0.25) is 0 Å². The average molecular weight is 413 g/mol. The zero-order valence-electron chi connectivity index (χ0n) is 12.4. The van der Waals surface area contributed by atoms with Gasteiger partial charge in [0.15, 0.2) is 5.96 Å². The van der Waals surface area contributed by atoms with Gasteiger partial charge in [-0.25, -0.2) is 0 Å². The van der Waals surface area contributed by atoms with Gasteiger partial charge in [0.2, 0.25) is 0 Å². The summed E-state index contributed by atoms with van der Waals surface area (Å²) in [4.78, 5) is 4.17. The Balaban J connectivity index is 0.00000400. The van der Waals surface area contributed by atoms with Crippen LogP contribution in [0.4, 0.5) is 8.78 Å². The van der Waals surface area contributed by atoms with Crippen LogP contribution < -0.4 is 15.8 Å². The van der Waals surface area contributed by atoms with Gasteiger partial charge in [0.25, 0.3) is 0 Å². The molecule has 0 fully saturated rings. The average Bonchev–Trinajstić information content (AvgIpc) is 2.28. The molecule has 1 aromatic carbocycles. The summed E-state index contributed by atoms with van der Waals surface area (Å²) < 4.78 is 29.0. The lowest BCUT2D eigenvalue weighted by Gasteiger charge is -2.21. The third-order valence-corrected chi connectivity index (χ3v) is 2.36. The Labute approximate surface area is 141 Å². The molecule has 0 radical (unpaired) electrons. The van der Waals surface area contributed by atoms with E-state index in [4.69, 9.17) is 5.73 Å². The maximum atomic E-state index is 12.3. The first-order valence-electron chi connectivity index (χ1n) is 6.39. The smallest absolute Gasteiger partial charge is 0.387 e. The summed E-state index contributed by atoms with van der Waals surface area (Å²) in [6.45, 7) is 3.49. The first-order valence-corrected chi connectivity index (χ1v) is 6.39. The lowest BCUT2D eigenvalue weighted by atomic mass is 10.1. The zero-order chi connectivity index (χ0) is 15.2. The summed E-state index contributed by atoms with van der Waals surface area (Å²) in [6.07, 6.45) is 0.482. The molecule has 0 aliphatic carbocycles. The molecule has 1 aromatic rings. The van der Waals surface area contributed by atoms with E-state index in [2.05, 4.69) is 15.0 Å². The summed E-state index contributed by atoms with van der Waals surface area (Å²) >= 11 is 0. The van der Waals surface area contributed by atoms with Gasteiger partial charge in [-0.1, -0.05) is 18.2 Å². The van der Waals surface area contributed by atoms with E-state index in [1.807, 2.05) is 20.8 Å². The Morgan fingerprint density at radius 1 is 1.33 bits per heavy atom. The minimum absolute atomic E-state index is 0. The number of aliphatic imine (C=N–C) groups is 1. The molecule has 0 aliphatic heterocycles. The molecule has 0 spiro atoms. The van der Waals surface area contributed by atoms with E-state index in [9.17, 15) is 8.78 Å². The number of benzene rings is 1.